The molecule has 1 fully saturated rings. The molecule has 1 aromatic carbocycles. The zero-order chi connectivity index (χ0) is 20.4. The van der Waals surface area contributed by atoms with Gasteiger partial charge in [-0.3, -0.25) is 9.36 Å². The van der Waals surface area contributed by atoms with Crippen molar-refractivity contribution in [1.82, 2.24) is 19.5 Å². The monoisotopic (exact) mass is 401 g/mol. The van der Waals surface area contributed by atoms with E-state index < -0.39 is 18.5 Å². The van der Waals surface area contributed by atoms with Crippen LogP contribution >= 0.6 is 0 Å². The molecule has 0 amide bonds. The Labute approximate surface area is 166 Å². The predicted molar refractivity (Wildman–Crippen MR) is 104 cm³/mol. The smallest absolute Gasteiger partial charge is 0.261 e. The minimum Gasteiger partial charge on any atom is -0.377 e. The molecule has 0 N–H and O–H groups in total. The zero-order valence-electron chi connectivity index (χ0n) is 16.0. The first-order chi connectivity index (χ1) is 14.1. The fourth-order valence-electron chi connectivity index (χ4n) is 3.81. The van der Waals surface area contributed by atoms with Gasteiger partial charge in [-0.15, -0.1) is 0 Å². The third-order valence-corrected chi connectivity index (χ3v) is 5.02. The summed E-state index contributed by atoms with van der Waals surface area (Å²) in [5.41, 5.74) is 0.0631. The molecule has 1 saturated heterocycles. The highest BCUT2D eigenvalue weighted by atomic mass is 19.3. The quantitative estimate of drug-likeness (QED) is 0.632. The van der Waals surface area contributed by atoms with Gasteiger partial charge in [0.1, 0.15) is 18.2 Å². The van der Waals surface area contributed by atoms with Crippen LogP contribution in [0.2, 0.25) is 0 Å². The first-order valence-corrected chi connectivity index (χ1v) is 9.43. The molecule has 3 aromatic rings. The van der Waals surface area contributed by atoms with Gasteiger partial charge < -0.3 is 9.64 Å². The summed E-state index contributed by atoms with van der Waals surface area (Å²) in [5.74, 6) is 1.55. The molecule has 1 aliphatic rings. The van der Waals surface area contributed by atoms with Crippen LogP contribution in [0.5, 0.6) is 0 Å². The molecular weight excluding hydrogens is 380 g/mol. The fraction of sp³-hybridized carbons (Fsp3) is 0.400. The van der Waals surface area contributed by atoms with Gasteiger partial charge >= 0.3 is 0 Å². The van der Waals surface area contributed by atoms with E-state index in [4.69, 9.17) is 4.74 Å². The summed E-state index contributed by atoms with van der Waals surface area (Å²) in [6.45, 7) is 0.275. The van der Waals surface area contributed by atoms with Crippen LogP contribution < -0.4 is 10.5 Å². The van der Waals surface area contributed by atoms with Crippen LogP contribution in [0.1, 0.15) is 30.5 Å². The van der Waals surface area contributed by atoms with Crippen molar-refractivity contribution in [3.63, 3.8) is 0 Å². The van der Waals surface area contributed by atoms with E-state index in [9.17, 15) is 13.6 Å². The molecule has 0 spiro atoms. The largest absolute Gasteiger partial charge is 0.377 e. The molecule has 2 aromatic heterocycles. The average Bonchev–Trinajstić information content (AvgIpc) is 3.20. The van der Waals surface area contributed by atoms with Gasteiger partial charge in [-0.05, 0) is 31.0 Å². The number of nitrogens with zero attached hydrogens (tertiary/aromatic N) is 5. The van der Waals surface area contributed by atoms with E-state index in [1.807, 2.05) is 4.90 Å². The van der Waals surface area contributed by atoms with Crippen LogP contribution in [0.15, 0.2) is 41.3 Å². The maximum atomic E-state index is 13.3. The SMILES string of the molecule is COCc1nccc(N2CCCC2c2nc3ccccc3c(=O)n2CC(F)F)n1. The van der Waals surface area contributed by atoms with Gasteiger partial charge in [-0.25, -0.2) is 23.7 Å². The minimum atomic E-state index is -2.66. The molecule has 1 aliphatic heterocycles. The molecule has 1 unspecified atom stereocenters. The van der Waals surface area contributed by atoms with Gasteiger partial charge in [-0.1, -0.05) is 12.1 Å². The van der Waals surface area contributed by atoms with E-state index in [0.29, 0.717) is 41.3 Å². The van der Waals surface area contributed by atoms with Crippen LogP contribution in [0.3, 0.4) is 0 Å². The number of rotatable bonds is 6. The normalized spacial score (nSPS) is 16.8. The molecule has 29 heavy (non-hydrogen) atoms. The molecule has 152 valence electrons. The van der Waals surface area contributed by atoms with Crippen LogP contribution in [0, 0.1) is 0 Å². The van der Waals surface area contributed by atoms with Gasteiger partial charge in [0.15, 0.2) is 5.82 Å². The third kappa shape index (κ3) is 3.82. The second kappa shape index (κ2) is 8.20. The van der Waals surface area contributed by atoms with Crippen molar-refractivity contribution in [3.05, 3.63) is 58.5 Å². The predicted octanol–water partition coefficient (Wildman–Crippen LogP) is 2.94. The van der Waals surface area contributed by atoms with E-state index in [0.717, 1.165) is 11.0 Å². The highest BCUT2D eigenvalue weighted by molar-refractivity contribution is 5.77. The number of aromatic nitrogens is 4. The first kappa shape index (κ1) is 19.4. The van der Waals surface area contributed by atoms with Crippen molar-refractivity contribution < 1.29 is 13.5 Å². The van der Waals surface area contributed by atoms with E-state index in [1.54, 1.807) is 43.6 Å². The summed E-state index contributed by atoms with van der Waals surface area (Å²) >= 11 is 0. The second-order valence-corrected chi connectivity index (χ2v) is 6.91. The van der Waals surface area contributed by atoms with Crippen LogP contribution in [-0.4, -0.2) is 39.6 Å². The minimum absolute atomic E-state index is 0.274. The van der Waals surface area contributed by atoms with E-state index in [2.05, 4.69) is 15.0 Å². The first-order valence-electron chi connectivity index (χ1n) is 9.43. The number of anilines is 1. The summed E-state index contributed by atoms with van der Waals surface area (Å²) in [5, 5.41) is 0.339. The number of halogens is 2. The van der Waals surface area contributed by atoms with E-state index in [-0.39, 0.29) is 12.6 Å². The lowest BCUT2D eigenvalue weighted by Gasteiger charge is -2.27. The number of fused-ring (bicyclic) bond motifs is 1. The maximum Gasteiger partial charge on any atom is 0.261 e. The molecule has 4 rings (SSSR count). The number of alkyl halides is 2. The Morgan fingerprint density at radius 3 is 2.86 bits per heavy atom. The Balaban J connectivity index is 1.82. The van der Waals surface area contributed by atoms with E-state index in [1.165, 1.54) is 0 Å². The summed E-state index contributed by atoms with van der Waals surface area (Å²) < 4.78 is 32.8. The van der Waals surface area contributed by atoms with E-state index >= 15 is 0 Å². The molecule has 0 aliphatic carbocycles. The topological polar surface area (TPSA) is 73.1 Å². The van der Waals surface area contributed by atoms with Crippen molar-refractivity contribution in [2.24, 2.45) is 0 Å². The number of benzene rings is 1. The average molecular weight is 401 g/mol. The van der Waals surface area contributed by atoms with Crippen molar-refractivity contribution in [3.8, 4) is 0 Å². The van der Waals surface area contributed by atoms with Gasteiger partial charge in [0.25, 0.3) is 12.0 Å². The fourth-order valence-corrected chi connectivity index (χ4v) is 3.81. The molecule has 7 nitrogen and oxygen atoms in total. The van der Waals surface area contributed by atoms with Crippen LogP contribution in [-0.2, 0) is 17.9 Å². The summed E-state index contributed by atoms with van der Waals surface area (Å²) in [7, 11) is 1.57. The number of ether oxygens (including phenoxy) is 1. The highest BCUT2D eigenvalue weighted by Crippen LogP contribution is 2.34. The lowest BCUT2D eigenvalue weighted by molar-refractivity contribution is 0.123. The van der Waals surface area contributed by atoms with Crippen molar-refractivity contribution in [1.29, 1.82) is 0 Å². The number of hydrogen-bond donors (Lipinski definition) is 0. The lowest BCUT2D eigenvalue weighted by Crippen LogP contribution is -2.34. The summed E-state index contributed by atoms with van der Waals surface area (Å²) in [6.07, 6.45) is 0.520. The summed E-state index contributed by atoms with van der Waals surface area (Å²) in [4.78, 5) is 28.3. The number of hydrogen-bond acceptors (Lipinski definition) is 6. The van der Waals surface area contributed by atoms with Crippen molar-refractivity contribution >= 4 is 16.7 Å². The Bertz CT molecular complexity index is 1070. The molecule has 9 heteroatoms. The third-order valence-electron chi connectivity index (χ3n) is 5.02. The van der Waals surface area contributed by atoms with Gasteiger partial charge in [0, 0.05) is 19.9 Å². The molecule has 0 radical (unpaired) electrons. The van der Waals surface area contributed by atoms with Gasteiger partial charge in [0.05, 0.1) is 23.5 Å². The Morgan fingerprint density at radius 2 is 2.07 bits per heavy atom. The Morgan fingerprint density at radius 1 is 1.24 bits per heavy atom. The molecule has 3 heterocycles. The maximum absolute atomic E-state index is 13.3. The number of para-hydroxylation sites is 1. The zero-order valence-corrected chi connectivity index (χ0v) is 16.0. The lowest BCUT2D eigenvalue weighted by atomic mass is 10.1. The van der Waals surface area contributed by atoms with Crippen LogP contribution in [0.25, 0.3) is 10.9 Å². The molecule has 1 atom stereocenters. The Kier molecular flexibility index (Phi) is 5.48. The van der Waals surface area contributed by atoms with Gasteiger partial charge in [0.2, 0.25) is 0 Å². The molecule has 0 saturated carbocycles. The van der Waals surface area contributed by atoms with Crippen molar-refractivity contribution in [2.75, 3.05) is 18.6 Å². The van der Waals surface area contributed by atoms with Crippen LogP contribution in [0.4, 0.5) is 14.6 Å². The number of methoxy groups -OCH3 is 1. The standard InChI is InChI=1S/C20H21F2N5O2/c1-29-12-17-23-9-8-18(25-17)26-10-4-7-15(26)19-24-14-6-3-2-5-13(14)20(28)27(19)11-16(21)22/h2-3,5-6,8-9,15-16H,4,7,10-12H2,1H3. The van der Waals surface area contributed by atoms with Gasteiger partial charge in [-0.2, -0.15) is 0 Å². The molecular formula is C20H21F2N5O2. The second-order valence-electron chi connectivity index (χ2n) is 6.91. The summed E-state index contributed by atoms with van der Waals surface area (Å²) in [6, 6.07) is 8.28. The van der Waals surface area contributed by atoms with Crippen molar-refractivity contribution in [2.45, 2.75) is 38.5 Å². The highest BCUT2D eigenvalue weighted by Gasteiger charge is 2.32. The molecule has 0 bridgehead atoms. The Hall–Kier alpha value is -2.94.